The molecule has 5 aromatic rings. The quantitative estimate of drug-likeness (QED) is 0.392. The van der Waals surface area contributed by atoms with Crippen LogP contribution in [0.5, 0.6) is 0 Å². The van der Waals surface area contributed by atoms with Gasteiger partial charge in [0.05, 0.1) is 11.0 Å². The van der Waals surface area contributed by atoms with E-state index in [9.17, 15) is 0 Å². The Bertz CT molecular complexity index is 1150. The molecule has 0 aliphatic heterocycles. The highest BCUT2D eigenvalue weighted by molar-refractivity contribution is 6.23. The summed E-state index contributed by atoms with van der Waals surface area (Å²) in [5, 5.41) is 4.87. The van der Waals surface area contributed by atoms with Gasteiger partial charge < -0.3 is 0 Å². The molecule has 0 atom stereocenters. The lowest BCUT2D eigenvalue weighted by Crippen LogP contribution is -1.93. The smallest absolute Gasteiger partial charge is 0.182 e. The van der Waals surface area contributed by atoms with Crippen LogP contribution < -0.4 is 0 Å². The van der Waals surface area contributed by atoms with Crippen LogP contribution in [-0.4, -0.2) is 9.55 Å². The van der Waals surface area contributed by atoms with Crippen molar-refractivity contribution in [1.29, 1.82) is 0 Å². The second-order valence-corrected chi connectivity index (χ2v) is 5.67. The van der Waals surface area contributed by atoms with Crippen molar-refractivity contribution in [2.24, 2.45) is 0 Å². The van der Waals surface area contributed by atoms with E-state index in [1.165, 1.54) is 21.5 Å². The van der Waals surface area contributed by atoms with Gasteiger partial charge in [0.25, 0.3) is 0 Å². The van der Waals surface area contributed by atoms with Crippen LogP contribution in [0.15, 0.2) is 78.9 Å². The fourth-order valence-electron chi connectivity index (χ4n) is 3.36. The zero-order chi connectivity index (χ0) is 15.2. The third-order valence-corrected chi connectivity index (χ3v) is 4.38. The van der Waals surface area contributed by atoms with Crippen molar-refractivity contribution in [2.75, 3.05) is 0 Å². The van der Waals surface area contributed by atoms with E-state index < -0.39 is 0 Å². The molecule has 1 radical (unpaired) electrons. The van der Waals surface area contributed by atoms with Crippen molar-refractivity contribution in [2.45, 2.75) is 0 Å². The Morgan fingerprint density at radius 1 is 0.609 bits per heavy atom. The van der Waals surface area contributed by atoms with Gasteiger partial charge in [-0.05, 0) is 22.9 Å². The zero-order valence-electron chi connectivity index (χ0n) is 12.4. The minimum Gasteiger partial charge on any atom is -0.289 e. The third-order valence-electron chi connectivity index (χ3n) is 4.38. The molecular weight excluding hydrogens is 280 g/mol. The summed E-state index contributed by atoms with van der Waals surface area (Å²) in [6.45, 7) is 0. The van der Waals surface area contributed by atoms with E-state index in [1.807, 2.05) is 18.2 Å². The average Bonchev–Trinajstić information content (AvgIpc) is 3.08. The summed E-state index contributed by atoms with van der Waals surface area (Å²) in [6.07, 6.45) is 3.18. The van der Waals surface area contributed by atoms with Crippen LogP contribution in [0.4, 0.5) is 0 Å². The number of hydrogen-bond donors (Lipinski definition) is 0. The molecule has 0 aliphatic rings. The van der Waals surface area contributed by atoms with Crippen molar-refractivity contribution in [3.05, 3.63) is 85.2 Å². The van der Waals surface area contributed by atoms with Crippen molar-refractivity contribution in [1.82, 2.24) is 9.55 Å². The minimum atomic E-state index is 1.00. The molecule has 107 valence electrons. The number of rotatable bonds is 1. The Morgan fingerprint density at radius 3 is 1.91 bits per heavy atom. The average molecular weight is 293 g/mol. The second-order valence-electron chi connectivity index (χ2n) is 5.67. The Kier molecular flexibility index (Phi) is 2.53. The Balaban J connectivity index is 2.06. The van der Waals surface area contributed by atoms with Crippen molar-refractivity contribution in [3.63, 3.8) is 0 Å². The molecule has 1 aromatic heterocycles. The van der Waals surface area contributed by atoms with Crippen LogP contribution in [0.2, 0.25) is 0 Å². The van der Waals surface area contributed by atoms with Gasteiger partial charge in [0, 0.05) is 16.5 Å². The number of imidazole rings is 1. The van der Waals surface area contributed by atoms with Gasteiger partial charge in [0.2, 0.25) is 0 Å². The summed E-state index contributed by atoms with van der Waals surface area (Å²) in [4.78, 5) is 4.61. The monoisotopic (exact) mass is 293 g/mol. The molecule has 0 amide bonds. The van der Waals surface area contributed by atoms with Gasteiger partial charge in [0.1, 0.15) is 0 Å². The summed E-state index contributed by atoms with van der Waals surface area (Å²) in [5.74, 6) is 0. The summed E-state index contributed by atoms with van der Waals surface area (Å²) < 4.78 is 2.06. The third kappa shape index (κ3) is 1.72. The van der Waals surface area contributed by atoms with Crippen LogP contribution in [0.3, 0.4) is 0 Å². The summed E-state index contributed by atoms with van der Waals surface area (Å²) >= 11 is 0. The highest BCUT2D eigenvalue weighted by atomic mass is 15.0. The highest BCUT2D eigenvalue weighted by Crippen LogP contribution is 2.34. The van der Waals surface area contributed by atoms with Gasteiger partial charge in [-0.15, -0.1) is 0 Å². The molecule has 0 bridgehead atoms. The number of para-hydroxylation sites is 1. The van der Waals surface area contributed by atoms with Crippen LogP contribution in [0, 0.1) is 6.33 Å². The Labute approximate surface area is 133 Å². The van der Waals surface area contributed by atoms with Crippen LogP contribution in [-0.2, 0) is 0 Å². The second kappa shape index (κ2) is 4.68. The molecule has 0 saturated carbocycles. The molecule has 5 rings (SSSR count). The van der Waals surface area contributed by atoms with Gasteiger partial charge in [-0.3, -0.25) is 4.57 Å². The van der Waals surface area contributed by atoms with Crippen molar-refractivity contribution >= 4 is 32.6 Å². The standard InChI is InChI=1S/C21H13N2/c1-2-8-15(9-3-1)23-14-22-20-18-12-6-4-10-16(18)17-11-5-7-13-19(17)21(20)23/h1-13H. The van der Waals surface area contributed by atoms with E-state index in [4.69, 9.17) is 0 Å². The first-order valence-corrected chi connectivity index (χ1v) is 7.68. The van der Waals surface area contributed by atoms with E-state index in [0.29, 0.717) is 0 Å². The fourth-order valence-corrected chi connectivity index (χ4v) is 3.36. The zero-order valence-corrected chi connectivity index (χ0v) is 12.4. The maximum absolute atomic E-state index is 4.61. The summed E-state index contributed by atoms with van der Waals surface area (Å²) in [5.41, 5.74) is 3.20. The first-order valence-electron chi connectivity index (χ1n) is 7.68. The molecular formula is C21H13N2. The number of fused-ring (bicyclic) bond motifs is 6. The van der Waals surface area contributed by atoms with Crippen molar-refractivity contribution < 1.29 is 0 Å². The largest absolute Gasteiger partial charge is 0.289 e. The lowest BCUT2D eigenvalue weighted by Gasteiger charge is -2.09. The van der Waals surface area contributed by atoms with E-state index in [-0.39, 0.29) is 0 Å². The Hall–Kier alpha value is -3.13. The van der Waals surface area contributed by atoms with E-state index >= 15 is 0 Å². The van der Waals surface area contributed by atoms with Crippen LogP contribution >= 0.6 is 0 Å². The number of benzene rings is 4. The molecule has 0 aliphatic carbocycles. The number of aromatic nitrogens is 2. The number of nitrogens with zero attached hydrogens (tertiary/aromatic N) is 2. The molecule has 2 nitrogen and oxygen atoms in total. The van der Waals surface area contributed by atoms with E-state index in [2.05, 4.69) is 76.5 Å². The minimum absolute atomic E-state index is 1.00. The predicted molar refractivity (Wildman–Crippen MR) is 94.9 cm³/mol. The summed E-state index contributed by atoms with van der Waals surface area (Å²) in [7, 11) is 0. The Morgan fingerprint density at radius 2 is 1.17 bits per heavy atom. The lowest BCUT2D eigenvalue weighted by molar-refractivity contribution is 1.08. The molecule has 1 heterocycles. The molecule has 0 spiro atoms. The first kappa shape index (κ1) is 12.4. The van der Waals surface area contributed by atoms with E-state index in [0.717, 1.165) is 16.7 Å². The van der Waals surface area contributed by atoms with Gasteiger partial charge in [-0.1, -0.05) is 66.7 Å². The topological polar surface area (TPSA) is 17.8 Å². The SMILES string of the molecule is [c]1nc2c3ccccc3c3ccccc3c2n1-c1ccccc1. The van der Waals surface area contributed by atoms with Gasteiger partial charge >= 0.3 is 0 Å². The molecule has 0 saturated heterocycles. The van der Waals surface area contributed by atoms with E-state index in [1.54, 1.807) is 0 Å². The molecule has 4 aromatic carbocycles. The highest BCUT2D eigenvalue weighted by Gasteiger charge is 2.13. The summed E-state index contributed by atoms with van der Waals surface area (Å²) in [6, 6.07) is 27.2. The normalized spacial score (nSPS) is 11.5. The van der Waals surface area contributed by atoms with Gasteiger partial charge in [-0.2, -0.15) is 0 Å². The lowest BCUT2D eigenvalue weighted by atomic mass is 10.00. The molecule has 0 fully saturated rings. The predicted octanol–water partition coefficient (Wildman–Crippen LogP) is 5.13. The van der Waals surface area contributed by atoms with Crippen LogP contribution in [0.1, 0.15) is 0 Å². The van der Waals surface area contributed by atoms with Gasteiger partial charge in [-0.25, -0.2) is 4.98 Å². The maximum Gasteiger partial charge on any atom is 0.182 e. The molecule has 2 heteroatoms. The maximum atomic E-state index is 4.61. The number of hydrogen-bond acceptors (Lipinski definition) is 1. The molecule has 23 heavy (non-hydrogen) atoms. The van der Waals surface area contributed by atoms with Crippen LogP contribution in [0.25, 0.3) is 38.3 Å². The van der Waals surface area contributed by atoms with Crippen molar-refractivity contribution in [3.8, 4) is 5.69 Å². The molecule has 0 unspecified atom stereocenters. The molecule has 0 N–H and O–H groups in total. The van der Waals surface area contributed by atoms with Gasteiger partial charge in [0.15, 0.2) is 6.33 Å². The fraction of sp³-hybridized carbons (Fsp3) is 0. The first-order chi connectivity index (χ1) is 11.4.